The molecule has 0 aliphatic carbocycles. The van der Waals surface area contributed by atoms with Gasteiger partial charge in [-0.05, 0) is 20.8 Å². The van der Waals surface area contributed by atoms with Crippen LogP contribution in [0.2, 0.25) is 0 Å². The molecule has 0 aromatic carbocycles. The van der Waals surface area contributed by atoms with E-state index in [1.807, 2.05) is 18.7 Å². The average Bonchev–Trinajstić information content (AvgIpc) is 2.28. The van der Waals surface area contributed by atoms with Crippen molar-refractivity contribution in [3.05, 3.63) is 0 Å². The molecule has 0 spiro atoms. The normalized spacial score (nSPS) is 18.6. The Morgan fingerprint density at radius 2 is 1.78 bits per heavy atom. The van der Waals surface area contributed by atoms with E-state index < -0.39 is 0 Å². The lowest BCUT2D eigenvalue weighted by molar-refractivity contribution is -0.134. The predicted octanol–water partition coefficient (Wildman–Crippen LogP) is 0.325. The molecule has 5 nitrogen and oxygen atoms in total. The van der Waals surface area contributed by atoms with Crippen molar-refractivity contribution in [3.8, 4) is 0 Å². The first-order valence-electron chi connectivity index (χ1n) is 6.39. The molecule has 18 heavy (non-hydrogen) atoms. The summed E-state index contributed by atoms with van der Waals surface area (Å²) in [6, 6.07) is -0.383. The fourth-order valence-electron chi connectivity index (χ4n) is 1.90. The van der Waals surface area contributed by atoms with Crippen LogP contribution in [0, 0.1) is 0 Å². The summed E-state index contributed by atoms with van der Waals surface area (Å²) in [6.07, 6.45) is 0.288. The van der Waals surface area contributed by atoms with Crippen LogP contribution in [-0.2, 0) is 9.53 Å². The topological polar surface area (TPSA) is 58.8 Å². The molecule has 0 radical (unpaired) electrons. The Morgan fingerprint density at radius 1 is 1.22 bits per heavy atom. The zero-order valence-corrected chi connectivity index (χ0v) is 12.4. The van der Waals surface area contributed by atoms with E-state index in [9.17, 15) is 4.79 Å². The van der Waals surface area contributed by atoms with Gasteiger partial charge >= 0.3 is 0 Å². The Balaban J connectivity index is 0.00000289. The molecule has 0 bridgehead atoms. The SMILES string of the molecule is CC(C)OCCN1CCN(C(=O)C(C)N)CC1.Cl. The maximum absolute atomic E-state index is 11.7. The monoisotopic (exact) mass is 279 g/mol. The van der Waals surface area contributed by atoms with E-state index in [2.05, 4.69) is 4.90 Å². The highest BCUT2D eigenvalue weighted by atomic mass is 35.5. The first-order chi connectivity index (χ1) is 8.00. The van der Waals surface area contributed by atoms with E-state index in [0.29, 0.717) is 0 Å². The first kappa shape index (κ1) is 17.6. The Morgan fingerprint density at radius 3 is 2.22 bits per heavy atom. The summed E-state index contributed by atoms with van der Waals surface area (Å²) in [5.41, 5.74) is 5.59. The predicted molar refractivity (Wildman–Crippen MR) is 75.0 cm³/mol. The maximum Gasteiger partial charge on any atom is 0.239 e. The second kappa shape index (κ2) is 8.69. The molecule has 1 rings (SSSR count). The van der Waals surface area contributed by atoms with Crippen LogP contribution in [0.3, 0.4) is 0 Å². The third-order valence-corrected chi connectivity index (χ3v) is 2.93. The molecular formula is C12H26ClN3O2. The molecule has 0 aromatic heterocycles. The second-order valence-corrected chi connectivity index (χ2v) is 4.88. The maximum atomic E-state index is 11.7. The van der Waals surface area contributed by atoms with Crippen LogP contribution >= 0.6 is 12.4 Å². The number of nitrogens with two attached hydrogens (primary N) is 1. The van der Waals surface area contributed by atoms with Crippen LogP contribution in [0.5, 0.6) is 0 Å². The zero-order valence-electron chi connectivity index (χ0n) is 11.6. The molecule has 1 aliphatic heterocycles. The third kappa shape index (κ3) is 6.00. The van der Waals surface area contributed by atoms with Crippen molar-refractivity contribution in [2.24, 2.45) is 5.73 Å². The van der Waals surface area contributed by atoms with E-state index >= 15 is 0 Å². The Labute approximate surface area is 116 Å². The summed E-state index contributed by atoms with van der Waals surface area (Å²) in [5.74, 6) is 0.0584. The summed E-state index contributed by atoms with van der Waals surface area (Å²) in [5, 5.41) is 0. The molecule has 1 atom stereocenters. The molecule has 108 valence electrons. The third-order valence-electron chi connectivity index (χ3n) is 2.93. The van der Waals surface area contributed by atoms with E-state index in [4.69, 9.17) is 10.5 Å². The largest absolute Gasteiger partial charge is 0.377 e. The van der Waals surface area contributed by atoms with Gasteiger partial charge in [0.1, 0.15) is 0 Å². The highest BCUT2D eigenvalue weighted by Gasteiger charge is 2.22. The minimum atomic E-state index is -0.383. The molecule has 1 fully saturated rings. The van der Waals surface area contributed by atoms with Gasteiger partial charge in [-0.1, -0.05) is 0 Å². The van der Waals surface area contributed by atoms with Gasteiger partial charge in [0, 0.05) is 32.7 Å². The molecule has 6 heteroatoms. The van der Waals surface area contributed by atoms with Crippen LogP contribution in [0.4, 0.5) is 0 Å². The van der Waals surface area contributed by atoms with Crippen LogP contribution in [0.1, 0.15) is 20.8 Å². The summed E-state index contributed by atoms with van der Waals surface area (Å²) in [7, 11) is 0. The Kier molecular flexibility index (Phi) is 8.52. The van der Waals surface area contributed by atoms with Gasteiger partial charge in [0.05, 0.1) is 18.8 Å². The fourth-order valence-corrected chi connectivity index (χ4v) is 1.90. The number of piperazine rings is 1. The van der Waals surface area contributed by atoms with Gasteiger partial charge < -0.3 is 15.4 Å². The van der Waals surface area contributed by atoms with Crippen molar-refractivity contribution in [3.63, 3.8) is 0 Å². The molecule has 2 N–H and O–H groups in total. The van der Waals surface area contributed by atoms with Gasteiger partial charge in [-0.2, -0.15) is 0 Å². The number of halogens is 1. The van der Waals surface area contributed by atoms with E-state index in [1.165, 1.54) is 0 Å². The van der Waals surface area contributed by atoms with E-state index in [0.717, 1.165) is 39.3 Å². The van der Waals surface area contributed by atoms with Crippen molar-refractivity contribution in [1.29, 1.82) is 0 Å². The Hall–Kier alpha value is -0.360. The standard InChI is InChI=1S/C12H25N3O2.ClH/c1-10(2)17-9-8-14-4-6-15(7-5-14)12(16)11(3)13;/h10-11H,4-9,13H2,1-3H3;1H. The minimum absolute atomic E-state index is 0. The molecule has 1 unspecified atom stereocenters. The molecule has 1 saturated heterocycles. The fraction of sp³-hybridized carbons (Fsp3) is 0.917. The van der Waals surface area contributed by atoms with E-state index in [1.54, 1.807) is 6.92 Å². The molecule has 1 amide bonds. The van der Waals surface area contributed by atoms with Gasteiger partial charge in [-0.15, -0.1) is 12.4 Å². The number of rotatable bonds is 5. The lowest BCUT2D eigenvalue weighted by atomic mass is 10.2. The van der Waals surface area contributed by atoms with Crippen molar-refractivity contribution >= 4 is 18.3 Å². The van der Waals surface area contributed by atoms with Crippen LogP contribution in [0.15, 0.2) is 0 Å². The van der Waals surface area contributed by atoms with Crippen LogP contribution in [-0.4, -0.2) is 67.2 Å². The highest BCUT2D eigenvalue weighted by Crippen LogP contribution is 2.03. The number of carbonyl (C=O) groups is 1. The summed E-state index contributed by atoms with van der Waals surface area (Å²) < 4.78 is 5.51. The summed E-state index contributed by atoms with van der Waals surface area (Å²) >= 11 is 0. The van der Waals surface area contributed by atoms with Crippen molar-refractivity contribution in [2.75, 3.05) is 39.3 Å². The first-order valence-corrected chi connectivity index (χ1v) is 6.39. The number of ether oxygens (including phenoxy) is 1. The number of hydrogen-bond acceptors (Lipinski definition) is 4. The highest BCUT2D eigenvalue weighted by molar-refractivity contribution is 5.85. The molecule has 1 aliphatic rings. The number of carbonyl (C=O) groups excluding carboxylic acids is 1. The van der Waals surface area contributed by atoms with E-state index in [-0.39, 0.29) is 30.5 Å². The molecular weight excluding hydrogens is 254 g/mol. The van der Waals surface area contributed by atoms with Crippen molar-refractivity contribution in [1.82, 2.24) is 9.80 Å². The number of nitrogens with zero attached hydrogens (tertiary/aromatic N) is 2. The summed E-state index contributed by atoms with van der Waals surface area (Å²) in [4.78, 5) is 15.8. The van der Waals surface area contributed by atoms with Gasteiger partial charge in [-0.25, -0.2) is 0 Å². The lowest BCUT2D eigenvalue weighted by Crippen LogP contribution is -2.52. The Bertz CT molecular complexity index is 241. The van der Waals surface area contributed by atoms with Gasteiger partial charge in [-0.3, -0.25) is 9.69 Å². The van der Waals surface area contributed by atoms with Gasteiger partial charge in [0.2, 0.25) is 5.91 Å². The van der Waals surface area contributed by atoms with Crippen LogP contribution < -0.4 is 5.73 Å². The van der Waals surface area contributed by atoms with Crippen LogP contribution in [0.25, 0.3) is 0 Å². The quantitative estimate of drug-likeness (QED) is 0.788. The zero-order chi connectivity index (χ0) is 12.8. The number of amides is 1. The molecule has 1 heterocycles. The second-order valence-electron chi connectivity index (χ2n) is 4.88. The van der Waals surface area contributed by atoms with Gasteiger partial charge in [0.15, 0.2) is 0 Å². The van der Waals surface area contributed by atoms with Crippen molar-refractivity contribution < 1.29 is 9.53 Å². The average molecular weight is 280 g/mol. The molecule has 0 saturated carbocycles. The minimum Gasteiger partial charge on any atom is -0.377 e. The smallest absolute Gasteiger partial charge is 0.239 e. The molecule has 0 aromatic rings. The number of hydrogen-bond donors (Lipinski definition) is 1. The van der Waals surface area contributed by atoms with Crippen molar-refractivity contribution in [2.45, 2.75) is 32.9 Å². The lowest BCUT2D eigenvalue weighted by Gasteiger charge is -2.35. The summed E-state index contributed by atoms with van der Waals surface area (Å²) in [6.45, 7) is 10.9. The van der Waals surface area contributed by atoms with Gasteiger partial charge in [0.25, 0.3) is 0 Å².